The smallest absolute Gasteiger partial charge is 0.295 e. The minimum atomic E-state index is -0.667. The summed E-state index contributed by atoms with van der Waals surface area (Å²) in [5, 5.41) is 11.3. The molecule has 2 heterocycles. The van der Waals surface area contributed by atoms with E-state index in [1.165, 1.54) is 0 Å². The summed E-state index contributed by atoms with van der Waals surface area (Å²) in [5.41, 5.74) is 2.38. The second-order valence-corrected chi connectivity index (χ2v) is 8.86. The van der Waals surface area contributed by atoms with E-state index in [1.54, 1.807) is 11.0 Å². The van der Waals surface area contributed by atoms with E-state index >= 15 is 0 Å². The van der Waals surface area contributed by atoms with Crippen molar-refractivity contribution in [1.29, 1.82) is 0 Å². The highest BCUT2D eigenvalue weighted by molar-refractivity contribution is 6.46. The Morgan fingerprint density at radius 2 is 2.03 bits per heavy atom. The lowest BCUT2D eigenvalue weighted by Gasteiger charge is -2.26. The van der Waals surface area contributed by atoms with Gasteiger partial charge in [-0.15, -0.1) is 0 Å². The van der Waals surface area contributed by atoms with Gasteiger partial charge in [0.1, 0.15) is 17.3 Å². The van der Waals surface area contributed by atoms with Crippen LogP contribution in [0.4, 0.5) is 0 Å². The van der Waals surface area contributed by atoms with E-state index < -0.39 is 17.7 Å². The first-order chi connectivity index (χ1) is 15.9. The molecule has 0 aromatic heterocycles. The number of rotatable bonds is 7. The summed E-state index contributed by atoms with van der Waals surface area (Å²) in [4.78, 5) is 27.8. The minimum absolute atomic E-state index is 0.00980. The summed E-state index contributed by atoms with van der Waals surface area (Å²) in [6.45, 7) is 7.04. The first-order valence-corrected chi connectivity index (χ1v) is 11.7. The van der Waals surface area contributed by atoms with Crippen LogP contribution in [0.2, 0.25) is 0 Å². The number of carbonyl (C=O) groups is 2. The fourth-order valence-electron chi connectivity index (χ4n) is 4.48. The van der Waals surface area contributed by atoms with Gasteiger partial charge < -0.3 is 19.5 Å². The molecule has 1 amide bonds. The number of hydrogen-bond acceptors (Lipinski definition) is 5. The molecule has 6 nitrogen and oxygen atoms in total. The third-order valence-electron chi connectivity index (χ3n) is 6.02. The predicted octanol–water partition coefficient (Wildman–Crippen LogP) is 5.02. The van der Waals surface area contributed by atoms with Crippen LogP contribution in [0.3, 0.4) is 0 Å². The highest BCUT2D eigenvalue weighted by Crippen LogP contribution is 2.41. The minimum Gasteiger partial charge on any atom is -0.507 e. The SMILES string of the molecule is CCCCN1C(=O)C(=O)/C(=C(\O)c2ccc3c(c2)CCCO3)C1c1cccc(OC(C)C)c1. The summed E-state index contributed by atoms with van der Waals surface area (Å²) >= 11 is 0. The summed E-state index contributed by atoms with van der Waals surface area (Å²) in [7, 11) is 0. The van der Waals surface area contributed by atoms with Crippen LogP contribution in [-0.2, 0) is 16.0 Å². The van der Waals surface area contributed by atoms with Crippen LogP contribution in [0.15, 0.2) is 48.0 Å². The zero-order valence-corrected chi connectivity index (χ0v) is 19.5. The van der Waals surface area contributed by atoms with Crippen molar-refractivity contribution < 1.29 is 24.2 Å². The Kier molecular flexibility index (Phi) is 6.72. The van der Waals surface area contributed by atoms with Gasteiger partial charge in [-0.1, -0.05) is 25.5 Å². The number of unbranched alkanes of at least 4 members (excludes halogenated alkanes) is 1. The molecule has 0 aliphatic carbocycles. The third-order valence-corrected chi connectivity index (χ3v) is 6.02. The van der Waals surface area contributed by atoms with Gasteiger partial charge in [0.15, 0.2) is 0 Å². The van der Waals surface area contributed by atoms with Crippen molar-refractivity contribution in [3.63, 3.8) is 0 Å². The summed E-state index contributed by atoms with van der Waals surface area (Å²) in [6, 6.07) is 12.2. The number of amides is 1. The van der Waals surface area contributed by atoms with Gasteiger partial charge in [-0.3, -0.25) is 9.59 Å². The molecule has 4 rings (SSSR count). The number of aliphatic hydroxyl groups excluding tert-OH is 1. The lowest BCUT2D eigenvalue weighted by atomic mass is 9.94. The number of hydrogen-bond donors (Lipinski definition) is 1. The lowest BCUT2D eigenvalue weighted by molar-refractivity contribution is -0.139. The molecule has 1 fully saturated rings. The number of benzene rings is 2. The number of ketones is 1. The van der Waals surface area contributed by atoms with E-state index in [2.05, 4.69) is 0 Å². The van der Waals surface area contributed by atoms with E-state index in [4.69, 9.17) is 9.47 Å². The van der Waals surface area contributed by atoms with Crippen LogP contribution in [0.5, 0.6) is 11.5 Å². The van der Waals surface area contributed by atoms with Crippen molar-refractivity contribution in [2.45, 2.75) is 58.6 Å². The first kappa shape index (κ1) is 22.9. The predicted molar refractivity (Wildman–Crippen MR) is 126 cm³/mol. The molecule has 1 saturated heterocycles. The summed E-state index contributed by atoms with van der Waals surface area (Å²) in [5.74, 6) is 0.0796. The molecule has 1 atom stereocenters. The number of aryl methyl sites for hydroxylation is 1. The van der Waals surface area contributed by atoms with Gasteiger partial charge in [0.05, 0.1) is 24.3 Å². The normalized spacial score (nSPS) is 19.5. The molecule has 174 valence electrons. The number of ether oxygens (including phenoxy) is 2. The fraction of sp³-hybridized carbons (Fsp3) is 0.407. The number of fused-ring (bicyclic) bond motifs is 1. The standard InChI is InChI=1S/C27H31NO5/c1-4-5-13-28-24(19-8-6-10-21(16-19)33-17(2)3)23(26(30)27(28)31)25(29)20-11-12-22-18(15-20)9-7-14-32-22/h6,8,10-12,15-17,24,29H,4-5,7,9,13-14H2,1-3H3/b25-23-. The maximum atomic E-state index is 13.2. The number of carbonyl (C=O) groups excluding carboxylic acids is 2. The van der Waals surface area contributed by atoms with Gasteiger partial charge in [-0.25, -0.2) is 0 Å². The molecular formula is C27H31NO5. The molecule has 2 aliphatic rings. The van der Waals surface area contributed by atoms with Gasteiger partial charge in [-0.05, 0) is 74.6 Å². The maximum Gasteiger partial charge on any atom is 0.295 e. The Morgan fingerprint density at radius 3 is 2.79 bits per heavy atom. The van der Waals surface area contributed by atoms with Crippen LogP contribution >= 0.6 is 0 Å². The lowest BCUT2D eigenvalue weighted by Crippen LogP contribution is -2.30. The molecule has 0 spiro atoms. The van der Waals surface area contributed by atoms with E-state index in [0.717, 1.165) is 42.6 Å². The number of Topliss-reactive ketones (excluding diaryl/α,β-unsaturated/α-hetero) is 1. The molecular weight excluding hydrogens is 418 g/mol. The molecule has 0 radical (unpaired) electrons. The Bertz CT molecular complexity index is 1090. The molecule has 2 aromatic rings. The van der Waals surface area contributed by atoms with Crippen LogP contribution < -0.4 is 9.47 Å². The monoisotopic (exact) mass is 449 g/mol. The zero-order valence-electron chi connectivity index (χ0n) is 19.5. The van der Waals surface area contributed by atoms with Crippen molar-refractivity contribution in [2.75, 3.05) is 13.2 Å². The van der Waals surface area contributed by atoms with Crippen LogP contribution in [0, 0.1) is 0 Å². The second-order valence-electron chi connectivity index (χ2n) is 8.86. The van der Waals surface area contributed by atoms with E-state index in [-0.39, 0.29) is 17.4 Å². The molecule has 0 saturated carbocycles. The quantitative estimate of drug-likeness (QED) is 0.365. The number of nitrogens with zero attached hydrogens (tertiary/aromatic N) is 1. The maximum absolute atomic E-state index is 13.2. The van der Waals surface area contributed by atoms with E-state index in [9.17, 15) is 14.7 Å². The van der Waals surface area contributed by atoms with Crippen LogP contribution in [0.1, 0.15) is 62.8 Å². The Hall–Kier alpha value is -3.28. The van der Waals surface area contributed by atoms with Gasteiger partial charge in [-0.2, -0.15) is 0 Å². The molecule has 0 bridgehead atoms. The number of likely N-dealkylation sites (tertiary alicyclic amines) is 1. The zero-order chi connectivity index (χ0) is 23.5. The fourth-order valence-corrected chi connectivity index (χ4v) is 4.48. The summed E-state index contributed by atoms with van der Waals surface area (Å²) < 4.78 is 11.5. The van der Waals surface area contributed by atoms with Crippen molar-refractivity contribution in [3.05, 3.63) is 64.7 Å². The Labute approximate surface area is 194 Å². The van der Waals surface area contributed by atoms with Crippen LogP contribution in [-0.4, -0.2) is 41.0 Å². The van der Waals surface area contributed by atoms with Crippen LogP contribution in [0.25, 0.3) is 5.76 Å². The topological polar surface area (TPSA) is 76.1 Å². The molecule has 6 heteroatoms. The van der Waals surface area contributed by atoms with Gasteiger partial charge >= 0.3 is 0 Å². The summed E-state index contributed by atoms with van der Waals surface area (Å²) in [6.07, 6.45) is 3.39. The highest BCUT2D eigenvalue weighted by atomic mass is 16.5. The Morgan fingerprint density at radius 1 is 1.21 bits per heavy atom. The van der Waals surface area contributed by atoms with Gasteiger partial charge in [0.25, 0.3) is 11.7 Å². The molecule has 2 aliphatic heterocycles. The third kappa shape index (κ3) is 4.61. The number of aliphatic hydroxyl groups is 1. The largest absolute Gasteiger partial charge is 0.507 e. The second kappa shape index (κ2) is 9.69. The van der Waals surface area contributed by atoms with E-state index in [1.807, 2.05) is 57.2 Å². The van der Waals surface area contributed by atoms with E-state index in [0.29, 0.717) is 24.5 Å². The van der Waals surface area contributed by atoms with Gasteiger partial charge in [0.2, 0.25) is 0 Å². The molecule has 2 aromatic carbocycles. The van der Waals surface area contributed by atoms with Crippen molar-refractivity contribution in [2.24, 2.45) is 0 Å². The Balaban J connectivity index is 1.82. The van der Waals surface area contributed by atoms with Gasteiger partial charge in [0, 0.05) is 12.1 Å². The molecule has 33 heavy (non-hydrogen) atoms. The molecule has 1 unspecified atom stereocenters. The van der Waals surface area contributed by atoms with Crippen molar-refractivity contribution >= 4 is 17.4 Å². The first-order valence-electron chi connectivity index (χ1n) is 11.7. The highest BCUT2D eigenvalue weighted by Gasteiger charge is 2.45. The van der Waals surface area contributed by atoms with Crippen molar-refractivity contribution in [3.8, 4) is 11.5 Å². The average Bonchev–Trinajstić information content (AvgIpc) is 3.06. The molecule has 1 N–H and O–H groups in total. The van der Waals surface area contributed by atoms with Crippen molar-refractivity contribution in [1.82, 2.24) is 4.90 Å². The average molecular weight is 450 g/mol.